The van der Waals surface area contributed by atoms with Gasteiger partial charge in [-0.3, -0.25) is 9.55 Å². The number of rotatable bonds is 4. The second-order valence-electron chi connectivity index (χ2n) is 7.89. The second-order valence-corrected chi connectivity index (χ2v) is 7.89. The number of fused-ring (bicyclic) bond motifs is 3. The molecule has 5 aromatic rings. The lowest BCUT2D eigenvalue weighted by atomic mass is 10.00. The lowest BCUT2D eigenvalue weighted by molar-refractivity contribution is 0.393. The van der Waals surface area contributed by atoms with Gasteiger partial charge in [-0.15, -0.1) is 0 Å². The molecule has 3 aromatic heterocycles. The number of nitrogens with zero attached hydrogens (tertiary/aromatic N) is 4. The maximum absolute atomic E-state index is 12.9. The summed E-state index contributed by atoms with van der Waals surface area (Å²) >= 11 is 0. The topological polar surface area (TPSA) is 107 Å². The van der Waals surface area contributed by atoms with Gasteiger partial charge in [-0.1, -0.05) is 17.3 Å². The minimum Gasteiger partial charge on any atom is -0.496 e. The molecule has 0 N–H and O–H groups in total. The number of hydrogen-bond acceptors (Lipinski definition) is 7. The number of benzene rings is 2. The SMILES string of the molecule is COc1cc2c(cc1-c1c(C)noc1C)ncc1oc(=O)n(C(C)c3cccc(C#N)c3)c12. The summed E-state index contributed by atoms with van der Waals surface area (Å²) < 4.78 is 18.2. The van der Waals surface area contributed by atoms with Crippen LogP contribution in [-0.2, 0) is 0 Å². The van der Waals surface area contributed by atoms with E-state index in [1.165, 1.54) is 0 Å². The van der Waals surface area contributed by atoms with Crippen molar-refractivity contribution in [1.82, 2.24) is 14.7 Å². The number of methoxy groups -OCH3 is 1. The first-order valence-corrected chi connectivity index (χ1v) is 10.4. The van der Waals surface area contributed by atoms with Crippen molar-refractivity contribution in [2.24, 2.45) is 0 Å². The van der Waals surface area contributed by atoms with Crippen molar-refractivity contribution >= 4 is 22.0 Å². The van der Waals surface area contributed by atoms with Crippen molar-refractivity contribution < 1.29 is 13.7 Å². The first kappa shape index (κ1) is 20.5. The molecule has 0 aliphatic carbocycles. The lowest BCUT2D eigenvalue weighted by Crippen LogP contribution is -2.19. The van der Waals surface area contributed by atoms with Crippen LogP contribution >= 0.6 is 0 Å². The Kier molecular flexibility index (Phi) is 4.75. The van der Waals surface area contributed by atoms with Gasteiger partial charge in [0.05, 0.1) is 47.8 Å². The van der Waals surface area contributed by atoms with E-state index in [4.69, 9.17) is 13.7 Å². The Morgan fingerprint density at radius 1 is 1.21 bits per heavy atom. The zero-order chi connectivity index (χ0) is 23.3. The van der Waals surface area contributed by atoms with E-state index in [1.54, 1.807) is 36.1 Å². The molecular weight excluding hydrogens is 420 g/mol. The number of nitriles is 1. The smallest absolute Gasteiger partial charge is 0.420 e. The van der Waals surface area contributed by atoms with Crippen LogP contribution in [0.3, 0.4) is 0 Å². The predicted octanol–water partition coefficient (Wildman–Crippen LogP) is 4.90. The molecule has 33 heavy (non-hydrogen) atoms. The second kappa shape index (κ2) is 7.64. The van der Waals surface area contributed by atoms with Crippen molar-refractivity contribution in [3.8, 4) is 22.9 Å². The van der Waals surface area contributed by atoms with Crippen LogP contribution in [0.2, 0.25) is 0 Å². The molecule has 0 amide bonds. The van der Waals surface area contributed by atoms with Crippen LogP contribution in [0.4, 0.5) is 0 Å². The number of aryl methyl sites for hydroxylation is 2. The minimum absolute atomic E-state index is 0.370. The van der Waals surface area contributed by atoms with Gasteiger partial charge < -0.3 is 13.7 Å². The Bertz CT molecular complexity index is 1620. The highest BCUT2D eigenvalue weighted by atomic mass is 16.5. The van der Waals surface area contributed by atoms with Gasteiger partial charge in [0.25, 0.3) is 0 Å². The number of hydrogen-bond donors (Lipinski definition) is 0. The lowest BCUT2D eigenvalue weighted by Gasteiger charge is -2.15. The third-order valence-corrected chi connectivity index (χ3v) is 5.95. The Morgan fingerprint density at radius 3 is 2.73 bits per heavy atom. The standard InChI is InChI=1S/C25H20N4O4/c1-13-23(15(3)33-28-13)19-9-20-18(10-21(19)31-4)24-22(12-27-20)32-25(30)29(24)14(2)17-7-5-6-16(8-17)11-26/h5-10,12,14H,1-4H3. The van der Waals surface area contributed by atoms with Crippen LogP contribution in [0, 0.1) is 25.2 Å². The molecule has 8 nitrogen and oxygen atoms in total. The van der Waals surface area contributed by atoms with Crippen molar-refractivity contribution in [3.63, 3.8) is 0 Å². The van der Waals surface area contributed by atoms with Gasteiger partial charge in [0.15, 0.2) is 5.58 Å². The summed E-state index contributed by atoms with van der Waals surface area (Å²) in [4.78, 5) is 17.4. The molecule has 1 unspecified atom stereocenters. The van der Waals surface area contributed by atoms with E-state index in [-0.39, 0.29) is 6.04 Å². The third-order valence-electron chi connectivity index (χ3n) is 5.95. The molecule has 3 heterocycles. The molecule has 0 radical (unpaired) electrons. The van der Waals surface area contributed by atoms with E-state index in [2.05, 4.69) is 16.2 Å². The van der Waals surface area contributed by atoms with Gasteiger partial charge in [-0.2, -0.15) is 5.26 Å². The van der Waals surface area contributed by atoms with E-state index in [0.29, 0.717) is 39.1 Å². The highest BCUT2D eigenvalue weighted by Gasteiger charge is 2.23. The molecule has 2 aromatic carbocycles. The normalized spacial score (nSPS) is 12.2. The third kappa shape index (κ3) is 3.17. The number of pyridine rings is 1. The van der Waals surface area contributed by atoms with E-state index in [0.717, 1.165) is 22.4 Å². The summed E-state index contributed by atoms with van der Waals surface area (Å²) in [6.45, 7) is 5.62. The minimum atomic E-state index is -0.497. The molecule has 164 valence electrons. The fraction of sp³-hybridized carbons (Fsp3) is 0.200. The highest BCUT2D eigenvalue weighted by molar-refractivity contribution is 6.04. The summed E-state index contributed by atoms with van der Waals surface area (Å²) in [5, 5.41) is 14.0. The van der Waals surface area contributed by atoms with Crippen molar-refractivity contribution in [1.29, 1.82) is 5.26 Å². The predicted molar refractivity (Wildman–Crippen MR) is 122 cm³/mol. The van der Waals surface area contributed by atoms with Crippen LogP contribution in [0.1, 0.15) is 35.5 Å². The van der Waals surface area contributed by atoms with Crippen LogP contribution in [0.25, 0.3) is 33.1 Å². The van der Waals surface area contributed by atoms with Crippen LogP contribution in [-0.4, -0.2) is 21.8 Å². The first-order chi connectivity index (χ1) is 15.9. The molecule has 0 aliphatic rings. The largest absolute Gasteiger partial charge is 0.496 e. The van der Waals surface area contributed by atoms with Gasteiger partial charge >= 0.3 is 5.76 Å². The maximum atomic E-state index is 12.9. The average Bonchev–Trinajstić information content (AvgIpc) is 3.35. The van der Waals surface area contributed by atoms with E-state index < -0.39 is 5.76 Å². The summed E-state index contributed by atoms with van der Waals surface area (Å²) in [6.07, 6.45) is 1.55. The van der Waals surface area contributed by atoms with E-state index in [9.17, 15) is 10.1 Å². The fourth-order valence-electron chi connectivity index (χ4n) is 4.35. The highest BCUT2D eigenvalue weighted by Crippen LogP contribution is 2.39. The van der Waals surface area contributed by atoms with E-state index >= 15 is 0 Å². The molecule has 0 saturated carbocycles. The molecule has 5 rings (SSSR count). The maximum Gasteiger partial charge on any atom is 0.420 e. The monoisotopic (exact) mass is 440 g/mol. The zero-order valence-electron chi connectivity index (χ0n) is 18.5. The molecule has 1 atom stereocenters. The van der Waals surface area contributed by atoms with Crippen molar-refractivity contribution in [2.45, 2.75) is 26.8 Å². The van der Waals surface area contributed by atoms with Crippen LogP contribution in [0.15, 0.2) is 56.3 Å². The number of ether oxygens (including phenoxy) is 1. The van der Waals surface area contributed by atoms with E-state index in [1.807, 2.05) is 39.0 Å². The number of aromatic nitrogens is 3. The summed E-state index contributed by atoms with van der Waals surface area (Å²) in [5.41, 5.74) is 5.41. The summed E-state index contributed by atoms with van der Waals surface area (Å²) in [6, 6.07) is 12.7. The molecule has 0 saturated heterocycles. The summed E-state index contributed by atoms with van der Waals surface area (Å²) in [5.74, 6) is 0.783. The Hall–Kier alpha value is -4.38. The Labute approximate surface area is 188 Å². The Balaban J connectivity index is 1.80. The average molecular weight is 440 g/mol. The molecule has 0 fully saturated rings. The van der Waals surface area contributed by atoms with Crippen LogP contribution in [0.5, 0.6) is 5.75 Å². The van der Waals surface area contributed by atoms with Gasteiger partial charge in [-0.05, 0) is 50.6 Å². The van der Waals surface area contributed by atoms with Gasteiger partial charge in [-0.25, -0.2) is 4.79 Å². The quantitative estimate of drug-likeness (QED) is 0.391. The molecule has 0 bridgehead atoms. The first-order valence-electron chi connectivity index (χ1n) is 10.4. The summed E-state index contributed by atoms with van der Waals surface area (Å²) in [7, 11) is 1.59. The fourth-order valence-corrected chi connectivity index (χ4v) is 4.35. The van der Waals surface area contributed by atoms with Crippen molar-refractivity contribution in [2.75, 3.05) is 7.11 Å². The molecular formula is C25H20N4O4. The number of oxazole rings is 1. The van der Waals surface area contributed by atoms with Gasteiger partial charge in [0.2, 0.25) is 0 Å². The van der Waals surface area contributed by atoms with Crippen LogP contribution < -0.4 is 10.5 Å². The van der Waals surface area contributed by atoms with Gasteiger partial charge in [0.1, 0.15) is 17.0 Å². The zero-order valence-corrected chi connectivity index (χ0v) is 18.5. The molecule has 0 spiro atoms. The molecule has 0 aliphatic heterocycles. The van der Waals surface area contributed by atoms with Crippen molar-refractivity contribution in [3.05, 3.63) is 75.7 Å². The van der Waals surface area contributed by atoms with Gasteiger partial charge in [0, 0.05) is 10.9 Å². The Morgan fingerprint density at radius 2 is 2.03 bits per heavy atom. The molecule has 8 heteroatoms.